The Morgan fingerprint density at radius 1 is 1.50 bits per heavy atom. The number of rotatable bonds is 1. The Labute approximate surface area is 71.2 Å². The van der Waals surface area contributed by atoms with Gasteiger partial charge in [0, 0.05) is 12.1 Å². The molecule has 0 saturated carbocycles. The molecule has 0 aliphatic carbocycles. The molecule has 0 unspecified atom stereocenters. The van der Waals surface area contributed by atoms with Crippen LogP contribution >= 0.6 is 0 Å². The number of hydrogen-bond donors (Lipinski definition) is 2. The molecule has 0 fully saturated rings. The standard InChI is InChI=1S/C8H12N4/c1-2-6-5-3-4-10-7(5)12-8(9)11-6/h2-4H2,1H3,(H3,9,10,11,12). The van der Waals surface area contributed by atoms with Crippen molar-refractivity contribution in [2.45, 2.75) is 19.8 Å². The van der Waals surface area contributed by atoms with Gasteiger partial charge in [-0.3, -0.25) is 0 Å². The number of aromatic nitrogens is 2. The monoisotopic (exact) mass is 164 g/mol. The second kappa shape index (κ2) is 2.62. The third-order valence-electron chi connectivity index (χ3n) is 2.11. The van der Waals surface area contributed by atoms with Gasteiger partial charge in [0.25, 0.3) is 0 Å². The van der Waals surface area contributed by atoms with Crippen molar-refractivity contribution in [1.29, 1.82) is 0 Å². The molecule has 1 aliphatic heterocycles. The number of nitrogens with two attached hydrogens (primary N) is 1. The third-order valence-corrected chi connectivity index (χ3v) is 2.11. The predicted molar refractivity (Wildman–Crippen MR) is 48.0 cm³/mol. The van der Waals surface area contributed by atoms with Crippen LogP contribution in [-0.4, -0.2) is 16.5 Å². The van der Waals surface area contributed by atoms with Crippen LogP contribution in [0.2, 0.25) is 0 Å². The number of nitrogen functional groups attached to an aromatic ring is 1. The van der Waals surface area contributed by atoms with Crippen LogP contribution in [-0.2, 0) is 12.8 Å². The Bertz CT molecular complexity index is 308. The zero-order valence-electron chi connectivity index (χ0n) is 7.09. The van der Waals surface area contributed by atoms with Crippen molar-refractivity contribution in [3.8, 4) is 0 Å². The van der Waals surface area contributed by atoms with Gasteiger partial charge in [0.2, 0.25) is 5.95 Å². The summed E-state index contributed by atoms with van der Waals surface area (Å²) in [6.07, 6.45) is 1.95. The number of hydrogen-bond acceptors (Lipinski definition) is 4. The topological polar surface area (TPSA) is 63.8 Å². The number of nitrogens with zero attached hydrogens (tertiary/aromatic N) is 2. The van der Waals surface area contributed by atoms with Crippen molar-refractivity contribution in [1.82, 2.24) is 9.97 Å². The van der Waals surface area contributed by atoms with Crippen LogP contribution in [0.15, 0.2) is 0 Å². The minimum Gasteiger partial charge on any atom is -0.369 e. The maximum absolute atomic E-state index is 5.54. The average Bonchev–Trinajstić information content (AvgIpc) is 2.50. The van der Waals surface area contributed by atoms with Crippen molar-refractivity contribution in [2.24, 2.45) is 0 Å². The van der Waals surface area contributed by atoms with E-state index in [-0.39, 0.29) is 0 Å². The van der Waals surface area contributed by atoms with Crippen molar-refractivity contribution < 1.29 is 0 Å². The van der Waals surface area contributed by atoms with E-state index in [1.807, 2.05) is 0 Å². The second-order valence-corrected chi connectivity index (χ2v) is 2.89. The Kier molecular flexibility index (Phi) is 1.60. The molecule has 0 saturated heterocycles. The first-order valence-electron chi connectivity index (χ1n) is 4.20. The lowest BCUT2D eigenvalue weighted by atomic mass is 10.1. The number of anilines is 2. The fourth-order valence-corrected chi connectivity index (χ4v) is 1.56. The van der Waals surface area contributed by atoms with E-state index in [2.05, 4.69) is 22.2 Å². The number of fused-ring (bicyclic) bond motifs is 1. The molecule has 4 heteroatoms. The first-order chi connectivity index (χ1) is 5.81. The van der Waals surface area contributed by atoms with Gasteiger partial charge in [0.15, 0.2) is 0 Å². The summed E-state index contributed by atoms with van der Waals surface area (Å²) < 4.78 is 0. The van der Waals surface area contributed by atoms with Gasteiger partial charge >= 0.3 is 0 Å². The molecule has 0 amide bonds. The first-order valence-corrected chi connectivity index (χ1v) is 4.20. The Morgan fingerprint density at radius 3 is 3.08 bits per heavy atom. The van der Waals surface area contributed by atoms with Crippen LogP contribution in [0.3, 0.4) is 0 Å². The van der Waals surface area contributed by atoms with E-state index >= 15 is 0 Å². The van der Waals surface area contributed by atoms with Gasteiger partial charge in [-0.15, -0.1) is 0 Å². The quantitative estimate of drug-likeness (QED) is 0.637. The summed E-state index contributed by atoms with van der Waals surface area (Å²) in [4.78, 5) is 8.31. The van der Waals surface area contributed by atoms with Gasteiger partial charge in [0.05, 0.1) is 5.69 Å². The van der Waals surface area contributed by atoms with Crippen LogP contribution in [0.25, 0.3) is 0 Å². The molecule has 1 aliphatic rings. The lowest BCUT2D eigenvalue weighted by Gasteiger charge is -2.04. The van der Waals surface area contributed by atoms with E-state index in [9.17, 15) is 0 Å². The first kappa shape index (κ1) is 7.34. The summed E-state index contributed by atoms with van der Waals surface area (Å²) in [7, 11) is 0. The van der Waals surface area contributed by atoms with Gasteiger partial charge in [-0.1, -0.05) is 6.92 Å². The molecule has 1 aromatic heterocycles. The van der Waals surface area contributed by atoms with Crippen LogP contribution in [0.4, 0.5) is 11.8 Å². The summed E-state index contributed by atoms with van der Waals surface area (Å²) in [5, 5.41) is 3.18. The summed E-state index contributed by atoms with van der Waals surface area (Å²) in [5.41, 5.74) is 7.87. The van der Waals surface area contributed by atoms with E-state index in [1.54, 1.807) is 0 Å². The molecule has 0 radical (unpaired) electrons. The number of nitrogens with one attached hydrogen (secondary N) is 1. The Morgan fingerprint density at radius 2 is 2.33 bits per heavy atom. The van der Waals surface area contributed by atoms with E-state index in [1.165, 1.54) is 5.56 Å². The highest BCUT2D eigenvalue weighted by molar-refractivity contribution is 5.53. The molecule has 0 bridgehead atoms. The molecule has 2 heterocycles. The maximum atomic E-state index is 5.54. The summed E-state index contributed by atoms with van der Waals surface area (Å²) in [5.74, 6) is 1.30. The highest BCUT2D eigenvalue weighted by Gasteiger charge is 2.16. The fourth-order valence-electron chi connectivity index (χ4n) is 1.56. The van der Waals surface area contributed by atoms with Crippen LogP contribution in [0.1, 0.15) is 18.2 Å². The molecule has 12 heavy (non-hydrogen) atoms. The summed E-state index contributed by atoms with van der Waals surface area (Å²) in [6, 6.07) is 0. The minimum atomic E-state index is 0.375. The summed E-state index contributed by atoms with van der Waals surface area (Å²) in [6.45, 7) is 3.04. The fraction of sp³-hybridized carbons (Fsp3) is 0.500. The molecule has 0 atom stereocenters. The predicted octanol–water partition coefficient (Wildman–Crippen LogP) is 0.589. The molecular formula is C8H12N4. The lowest BCUT2D eigenvalue weighted by molar-refractivity contribution is 0.966. The molecule has 0 aromatic carbocycles. The molecule has 0 spiro atoms. The molecule has 2 rings (SSSR count). The van der Waals surface area contributed by atoms with Gasteiger partial charge in [-0.2, -0.15) is 4.98 Å². The zero-order chi connectivity index (χ0) is 8.55. The normalized spacial score (nSPS) is 14.1. The minimum absolute atomic E-state index is 0.375. The Balaban J connectivity index is 2.55. The number of aryl methyl sites for hydroxylation is 1. The highest BCUT2D eigenvalue weighted by atomic mass is 15.1. The van der Waals surface area contributed by atoms with Gasteiger partial charge in [-0.25, -0.2) is 4.98 Å². The molecular weight excluding hydrogens is 152 g/mol. The van der Waals surface area contributed by atoms with Gasteiger partial charge in [0.1, 0.15) is 5.82 Å². The zero-order valence-corrected chi connectivity index (χ0v) is 7.09. The van der Waals surface area contributed by atoms with Crippen LogP contribution in [0.5, 0.6) is 0 Å². The summed E-state index contributed by atoms with van der Waals surface area (Å²) >= 11 is 0. The van der Waals surface area contributed by atoms with Crippen molar-refractivity contribution in [3.05, 3.63) is 11.3 Å². The van der Waals surface area contributed by atoms with Crippen molar-refractivity contribution in [2.75, 3.05) is 17.6 Å². The molecule has 1 aromatic rings. The van der Waals surface area contributed by atoms with E-state index in [0.29, 0.717) is 5.95 Å². The maximum Gasteiger partial charge on any atom is 0.222 e. The van der Waals surface area contributed by atoms with Crippen molar-refractivity contribution in [3.63, 3.8) is 0 Å². The molecule has 4 nitrogen and oxygen atoms in total. The van der Waals surface area contributed by atoms with E-state index < -0.39 is 0 Å². The molecule has 64 valence electrons. The smallest absolute Gasteiger partial charge is 0.222 e. The Hall–Kier alpha value is -1.32. The van der Waals surface area contributed by atoms with Crippen LogP contribution < -0.4 is 11.1 Å². The van der Waals surface area contributed by atoms with E-state index in [4.69, 9.17) is 5.73 Å². The third kappa shape index (κ3) is 0.995. The van der Waals surface area contributed by atoms with Gasteiger partial charge < -0.3 is 11.1 Å². The largest absolute Gasteiger partial charge is 0.369 e. The van der Waals surface area contributed by atoms with Gasteiger partial charge in [-0.05, 0) is 12.8 Å². The highest BCUT2D eigenvalue weighted by Crippen LogP contribution is 2.23. The lowest BCUT2D eigenvalue weighted by Crippen LogP contribution is -2.02. The average molecular weight is 164 g/mol. The SMILES string of the molecule is CCc1nc(N)nc2c1CCN2. The van der Waals surface area contributed by atoms with Crippen LogP contribution in [0, 0.1) is 0 Å². The van der Waals surface area contributed by atoms with Crippen molar-refractivity contribution >= 4 is 11.8 Å². The second-order valence-electron chi connectivity index (χ2n) is 2.89. The molecule has 3 N–H and O–H groups in total. The van der Waals surface area contributed by atoms with E-state index in [0.717, 1.165) is 30.9 Å².